The number of hydrogen-bond donors (Lipinski definition) is 2. The zero-order valence-corrected chi connectivity index (χ0v) is 11.0. The van der Waals surface area contributed by atoms with E-state index in [0.29, 0.717) is 6.54 Å². The lowest BCUT2D eigenvalue weighted by Crippen LogP contribution is -2.43. The van der Waals surface area contributed by atoms with Crippen LogP contribution in [0.1, 0.15) is 5.56 Å². The maximum absolute atomic E-state index is 11.7. The number of likely N-dealkylation sites (N-methyl/N-ethyl adjacent to an activating group) is 1. The minimum atomic E-state index is -0.728. The van der Waals surface area contributed by atoms with E-state index in [0.717, 1.165) is 5.56 Å². The Hall–Kier alpha value is -1.96. The summed E-state index contributed by atoms with van der Waals surface area (Å²) >= 11 is 4.60. The summed E-state index contributed by atoms with van der Waals surface area (Å²) in [5.74, 6) is -1.37. The number of aromatic nitrogens is 2. The molecule has 0 atom stereocenters. The molecule has 1 rings (SSSR count). The van der Waals surface area contributed by atoms with Crippen LogP contribution in [0.5, 0.6) is 0 Å². The number of hydrogen-bond acceptors (Lipinski definition) is 4. The van der Waals surface area contributed by atoms with Crippen molar-refractivity contribution < 1.29 is 9.59 Å². The molecule has 98 valence electrons. The second-order valence-corrected chi connectivity index (χ2v) is 4.36. The predicted molar refractivity (Wildman–Crippen MR) is 69.5 cm³/mol. The van der Waals surface area contributed by atoms with Crippen LogP contribution in [0.15, 0.2) is 12.4 Å². The van der Waals surface area contributed by atoms with E-state index in [4.69, 9.17) is 5.73 Å². The quantitative estimate of drug-likeness (QED) is 0.528. The molecule has 1 aromatic rings. The lowest BCUT2D eigenvalue weighted by Gasteiger charge is -2.15. The van der Waals surface area contributed by atoms with E-state index in [9.17, 15) is 9.59 Å². The molecule has 0 radical (unpaired) electrons. The van der Waals surface area contributed by atoms with Crippen LogP contribution in [0.2, 0.25) is 0 Å². The van der Waals surface area contributed by atoms with E-state index < -0.39 is 11.8 Å². The van der Waals surface area contributed by atoms with Crippen LogP contribution in [-0.4, -0.2) is 45.1 Å². The van der Waals surface area contributed by atoms with Crippen molar-refractivity contribution in [3.05, 3.63) is 18.0 Å². The third-order valence-electron chi connectivity index (χ3n) is 2.14. The number of aryl methyl sites for hydroxylation is 1. The molecule has 0 fully saturated rings. The van der Waals surface area contributed by atoms with Crippen LogP contribution in [0.4, 0.5) is 0 Å². The Kier molecular flexibility index (Phi) is 4.78. The van der Waals surface area contributed by atoms with E-state index in [1.54, 1.807) is 24.1 Å². The van der Waals surface area contributed by atoms with Crippen molar-refractivity contribution in [2.45, 2.75) is 6.54 Å². The highest BCUT2D eigenvalue weighted by molar-refractivity contribution is 7.80. The molecule has 2 amide bonds. The maximum atomic E-state index is 11.7. The van der Waals surface area contributed by atoms with Crippen molar-refractivity contribution in [3.63, 3.8) is 0 Å². The summed E-state index contributed by atoms with van der Waals surface area (Å²) < 4.78 is 1.63. The molecule has 0 aliphatic rings. The van der Waals surface area contributed by atoms with Crippen LogP contribution in [0, 0.1) is 0 Å². The van der Waals surface area contributed by atoms with Gasteiger partial charge in [0.2, 0.25) is 0 Å². The Bertz CT molecular complexity index is 471. The van der Waals surface area contributed by atoms with Gasteiger partial charge in [-0.25, -0.2) is 0 Å². The minimum Gasteiger partial charge on any atom is -0.392 e. The molecule has 0 saturated carbocycles. The van der Waals surface area contributed by atoms with E-state index in [-0.39, 0.29) is 11.5 Å². The number of nitrogens with two attached hydrogens (primary N) is 1. The first-order chi connectivity index (χ1) is 8.40. The number of carbonyl (C=O) groups excluding carboxylic acids is 2. The lowest BCUT2D eigenvalue weighted by atomic mass is 10.3. The van der Waals surface area contributed by atoms with Gasteiger partial charge in [-0.15, -0.1) is 0 Å². The largest absolute Gasteiger partial charge is 0.392 e. The first-order valence-corrected chi connectivity index (χ1v) is 5.60. The molecule has 0 aromatic carbocycles. The monoisotopic (exact) mass is 269 g/mol. The molecule has 7 nitrogen and oxygen atoms in total. The molecule has 0 aliphatic carbocycles. The fourth-order valence-corrected chi connectivity index (χ4v) is 1.39. The smallest absolute Gasteiger partial charge is 0.311 e. The number of rotatable bonds is 4. The molecular formula is C10H15N5O2S. The van der Waals surface area contributed by atoms with Gasteiger partial charge in [-0.05, 0) is 0 Å². The molecule has 0 spiro atoms. The average molecular weight is 269 g/mol. The number of amides is 2. The fraction of sp³-hybridized carbons (Fsp3) is 0.400. The van der Waals surface area contributed by atoms with E-state index in [2.05, 4.69) is 22.6 Å². The molecule has 0 bridgehead atoms. The van der Waals surface area contributed by atoms with Gasteiger partial charge in [0.1, 0.15) is 0 Å². The van der Waals surface area contributed by atoms with Gasteiger partial charge in [0.05, 0.1) is 17.7 Å². The third kappa shape index (κ3) is 4.13. The van der Waals surface area contributed by atoms with Crippen LogP contribution in [0.25, 0.3) is 0 Å². The molecule has 18 heavy (non-hydrogen) atoms. The number of carbonyl (C=O) groups is 2. The molecule has 3 N–H and O–H groups in total. The third-order valence-corrected chi connectivity index (χ3v) is 2.29. The summed E-state index contributed by atoms with van der Waals surface area (Å²) in [5.41, 5.74) is 6.07. The Morgan fingerprint density at radius 1 is 1.61 bits per heavy atom. The van der Waals surface area contributed by atoms with E-state index in [1.165, 1.54) is 11.9 Å². The highest BCUT2D eigenvalue weighted by Gasteiger charge is 2.18. The van der Waals surface area contributed by atoms with Gasteiger partial charge < -0.3 is 16.0 Å². The molecule has 8 heteroatoms. The summed E-state index contributed by atoms with van der Waals surface area (Å²) in [5, 5.41) is 6.31. The highest BCUT2D eigenvalue weighted by Crippen LogP contribution is 2.01. The molecule has 0 unspecified atom stereocenters. The summed E-state index contributed by atoms with van der Waals surface area (Å²) in [7, 11) is 3.32. The molecule has 0 saturated heterocycles. The van der Waals surface area contributed by atoms with Crippen molar-refractivity contribution in [2.75, 3.05) is 13.6 Å². The van der Waals surface area contributed by atoms with Gasteiger partial charge >= 0.3 is 11.8 Å². The van der Waals surface area contributed by atoms with Gasteiger partial charge in [0.15, 0.2) is 0 Å². The summed E-state index contributed by atoms with van der Waals surface area (Å²) in [4.78, 5) is 24.5. The molecule has 0 aliphatic heterocycles. The van der Waals surface area contributed by atoms with E-state index in [1.807, 2.05) is 0 Å². The van der Waals surface area contributed by atoms with Crippen molar-refractivity contribution in [1.29, 1.82) is 0 Å². The Morgan fingerprint density at radius 2 is 2.28 bits per heavy atom. The summed E-state index contributed by atoms with van der Waals surface area (Å²) in [6.45, 7) is 0.327. The standard InChI is InChI=1S/C10H15N5O2S/c1-14(5-7-3-13-15(2)6-7)10(17)9(16)12-4-8(11)18/h3,6H,4-5H2,1-2H3,(H2,11,18)(H,12,16). The first-order valence-electron chi connectivity index (χ1n) is 5.19. The van der Waals surface area contributed by atoms with Crippen LogP contribution in [-0.2, 0) is 23.2 Å². The van der Waals surface area contributed by atoms with E-state index >= 15 is 0 Å². The van der Waals surface area contributed by atoms with Crippen LogP contribution in [0.3, 0.4) is 0 Å². The summed E-state index contributed by atoms with van der Waals surface area (Å²) in [6, 6.07) is 0. The number of nitrogens with one attached hydrogen (secondary N) is 1. The fourth-order valence-electron chi connectivity index (χ4n) is 1.32. The molecular weight excluding hydrogens is 254 g/mol. The van der Waals surface area contributed by atoms with Gasteiger partial charge in [-0.1, -0.05) is 12.2 Å². The van der Waals surface area contributed by atoms with Crippen LogP contribution < -0.4 is 11.1 Å². The normalized spacial score (nSPS) is 9.89. The zero-order valence-electron chi connectivity index (χ0n) is 10.2. The minimum absolute atomic E-state index is 0.0145. The lowest BCUT2D eigenvalue weighted by molar-refractivity contribution is -0.145. The second kappa shape index (κ2) is 6.10. The van der Waals surface area contributed by atoms with Crippen molar-refractivity contribution in [1.82, 2.24) is 20.0 Å². The van der Waals surface area contributed by atoms with Crippen molar-refractivity contribution in [2.24, 2.45) is 12.8 Å². The van der Waals surface area contributed by atoms with Gasteiger partial charge in [0.25, 0.3) is 0 Å². The highest BCUT2D eigenvalue weighted by atomic mass is 32.1. The van der Waals surface area contributed by atoms with Gasteiger partial charge in [-0.3, -0.25) is 14.3 Å². The maximum Gasteiger partial charge on any atom is 0.311 e. The second-order valence-electron chi connectivity index (χ2n) is 3.83. The topological polar surface area (TPSA) is 93.2 Å². The number of thiocarbonyl (C=S) groups is 1. The van der Waals surface area contributed by atoms with Gasteiger partial charge in [0, 0.05) is 32.4 Å². The average Bonchev–Trinajstić information content (AvgIpc) is 2.70. The molecule has 1 heterocycles. The van der Waals surface area contributed by atoms with Gasteiger partial charge in [-0.2, -0.15) is 5.10 Å². The number of nitrogens with zero attached hydrogens (tertiary/aromatic N) is 3. The van der Waals surface area contributed by atoms with Crippen LogP contribution >= 0.6 is 12.2 Å². The SMILES string of the molecule is CN(Cc1cnn(C)c1)C(=O)C(=O)NCC(N)=S. The predicted octanol–water partition coefficient (Wildman–Crippen LogP) is -1.22. The van der Waals surface area contributed by atoms with Crippen molar-refractivity contribution in [3.8, 4) is 0 Å². The Morgan fingerprint density at radius 3 is 2.78 bits per heavy atom. The Labute approximate surface area is 110 Å². The zero-order chi connectivity index (χ0) is 13.7. The Balaban J connectivity index is 2.50. The summed E-state index contributed by atoms with van der Waals surface area (Å²) in [6.07, 6.45) is 3.41. The first kappa shape index (κ1) is 14.1. The molecule has 1 aromatic heterocycles. The van der Waals surface area contributed by atoms with Crippen molar-refractivity contribution >= 4 is 29.0 Å².